The fourth-order valence-corrected chi connectivity index (χ4v) is 2.19. The number of ether oxygens (including phenoxy) is 1. The van der Waals surface area contributed by atoms with Gasteiger partial charge < -0.3 is 15.2 Å². The molecule has 0 saturated carbocycles. The quantitative estimate of drug-likeness (QED) is 0.825. The van der Waals surface area contributed by atoms with Gasteiger partial charge in [-0.1, -0.05) is 15.9 Å². The second-order valence-electron chi connectivity index (χ2n) is 5.81. The minimum atomic E-state index is -1.17. The second-order valence-corrected chi connectivity index (χ2v) is 6.67. The molecule has 1 aromatic rings. The molecule has 5 nitrogen and oxygen atoms in total. The smallest absolute Gasteiger partial charge is 0.408 e. The van der Waals surface area contributed by atoms with Gasteiger partial charge in [0.1, 0.15) is 17.5 Å². The highest BCUT2D eigenvalue weighted by Crippen LogP contribution is 2.20. The molecule has 0 radical (unpaired) electrons. The Kier molecular flexibility index (Phi) is 6.34. The highest BCUT2D eigenvalue weighted by atomic mass is 79.9. The van der Waals surface area contributed by atoms with E-state index < -0.39 is 29.5 Å². The predicted octanol–water partition coefficient (Wildman–Crippen LogP) is 3.50. The summed E-state index contributed by atoms with van der Waals surface area (Å²) in [5.74, 6) is -1.57. The largest absolute Gasteiger partial charge is 0.480 e. The molecule has 0 aliphatic rings. The van der Waals surface area contributed by atoms with Gasteiger partial charge in [-0.25, -0.2) is 14.0 Å². The van der Waals surface area contributed by atoms with Crippen molar-refractivity contribution < 1.29 is 23.8 Å². The maximum Gasteiger partial charge on any atom is 0.408 e. The van der Waals surface area contributed by atoms with Crippen molar-refractivity contribution in [2.45, 2.75) is 45.3 Å². The molecule has 0 saturated heterocycles. The Morgan fingerprint density at radius 1 is 1.41 bits per heavy atom. The van der Waals surface area contributed by atoms with Crippen molar-refractivity contribution in [3.05, 3.63) is 34.1 Å². The van der Waals surface area contributed by atoms with Gasteiger partial charge in [0.05, 0.1) is 0 Å². The molecular weight excluding hydrogens is 357 g/mol. The van der Waals surface area contributed by atoms with E-state index in [1.54, 1.807) is 26.8 Å². The summed E-state index contributed by atoms with van der Waals surface area (Å²) in [4.78, 5) is 22.9. The van der Waals surface area contributed by atoms with Crippen LogP contribution in [0.5, 0.6) is 0 Å². The van der Waals surface area contributed by atoms with Crippen LogP contribution in [0, 0.1) is 5.82 Å². The molecule has 22 heavy (non-hydrogen) atoms. The monoisotopic (exact) mass is 375 g/mol. The number of amides is 1. The zero-order chi connectivity index (χ0) is 16.9. The number of halogens is 2. The maximum atomic E-state index is 13.2. The lowest BCUT2D eigenvalue weighted by atomic mass is 10.1. The summed E-state index contributed by atoms with van der Waals surface area (Å²) in [5, 5.41) is 11.5. The molecule has 1 unspecified atom stereocenters. The van der Waals surface area contributed by atoms with Crippen LogP contribution in [-0.2, 0) is 16.0 Å². The predicted molar refractivity (Wildman–Crippen MR) is 83.2 cm³/mol. The molecule has 122 valence electrons. The lowest BCUT2D eigenvalue weighted by Gasteiger charge is -2.22. The number of benzene rings is 1. The average molecular weight is 376 g/mol. The first-order valence-electron chi connectivity index (χ1n) is 6.75. The van der Waals surface area contributed by atoms with Gasteiger partial charge in [-0.2, -0.15) is 0 Å². The normalized spacial score (nSPS) is 12.6. The maximum absolute atomic E-state index is 13.2. The minimum Gasteiger partial charge on any atom is -0.480 e. The first-order valence-corrected chi connectivity index (χ1v) is 7.54. The summed E-state index contributed by atoms with van der Waals surface area (Å²) in [5.41, 5.74) is -0.0733. The standard InChI is InChI=1S/C15H19BrFNO4/c1-15(2,3)22-14(21)18-12(13(19)20)7-4-9-8-10(17)5-6-11(9)16/h5-6,8,12H,4,7H2,1-3H3,(H,18,21)(H,19,20). The van der Waals surface area contributed by atoms with E-state index in [2.05, 4.69) is 21.2 Å². The number of carbonyl (C=O) groups is 2. The molecule has 0 heterocycles. The van der Waals surface area contributed by atoms with Crippen LogP contribution in [0.4, 0.5) is 9.18 Å². The van der Waals surface area contributed by atoms with Gasteiger partial charge in [-0.05, 0) is 57.4 Å². The molecule has 1 amide bonds. The molecule has 0 fully saturated rings. The zero-order valence-corrected chi connectivity index (χ0v) is 14.2. The molecule has 0 aliphatic carbocycles. The van der Waals surface area contributed by atoms with E-state index in [0.717, 1.165) is 0 Å². The lowest BCUT2D eigenvalue weighted by molar-refractivity contribution is -0.139. The van der Waals surface area contributed by atoms with Crippen LogP contribution in [0.3, 0.4) is 0 Å². The molecule has 0 bridgehead atoms. The molecule has 0 aromatic heterocycles. The van der Waals surface area contributed by atoms with Crippen molar-refractivity contribution in [3.63, 3.8) is 0 Å². The van der Waals surface area contributed by atoms with Crippen LogP contribution in [-0.4, -0.2) is 28.8 Å². The Labute approximate surface area is 137 Å². The van der Waals surface area contributed by atoms with E-state index in [1.165, 1.54) is 12.1 Å². The minimum absolute atomic E-state index is 0.122. The Morgan fingerprint density at radius 3 is 2.59 bits per heavy atom. The Morgan fingerprint density at radius 2 is 2.05 bits per heavy atom. The third-order valence-electron chi connectivity index (χ3n) is 2.70. The van der Waals surface area contributed by atoms with Gasteiger partial charge >= 0.3 is 12.1 Å². The molecule has 0 aliphatic heterocycles. The number of aryl methyl sites for hydroxylation is 1. The van der Waals surface area contributed by atoms with E-state index in [4.69, 9.17) is 9.84 Å². The number of rotatable bonds is 5. The van der Waals surface area contributed by atoms with Gasteiger partial charge in [-0.3, -0.25) is 0 Å². The van der Waals surface area contributed by atoms with Crippen LogP contribution in [0.15, 0.2) is 22.7 Å². The van der Waals surface area contributed by atoms with Crippen LogP contribution in [0.1, 0.15) is 32.8 Å². The van der Waals surface area contributed by atoms with Crippen molar-refractivity contribution in [2.75, 3.05) is 0 Å². The van der Waals surface area contributed by atoms with E-state index in [-0.39, 0.29) is 6.42 Å². The Bertz CT molecular complexity index is 557. The summed E-state index contributed by atoms with van der Waals surface area (Å²) >= 11 is 3.28. The van der Waals surface area contributed by atoms with Crippen LogP contribution in [0.25, 0.3) is 0 Å². The van der Waals surface area contributed by atoms with Gasteiger partial charge in [0.2, 0.25) is 0 Å². The van der Waals surface area contributed by atoms with Crippen LogP contribution >= 0.6 is 15.9 Å². The van der Waals surface area contributed by atoms with Gasteiger partial charge in [0.25, 0.3) is 0 Å². The molecule has 0 spiro atoms. The van der Waals surface area contributed by atoms with Crippen molar-refractivity contribution in [3.8, 4) is 0 Å². The second kappa shape index (κ2) is 7.58. The highest BCUT2D eigenvalue weighted by Gasteiger charge is 2.24. The Balaban J connectivity index is 2.67. The summed E-state index contributed by atoms with van der Waals surface area (Å²) in [6.45, 7) is 5.06. The van der Waals surface area contributed by atoms with Crippen LogP contribution in [0.2, 0.25) is 0 Å². The third kappa shape index (κ3) is 6.43. The zero-order valence-electron chi connectivity index (χ0n) is 12.7. The molecular formula is C15H19BrFNO4. The molecule has 1 atom stereocenters. The fourth-order valence-electron chi connectivity index (χ4n) is 1.74. The highest BCUT2D eigenvalue weighted by molar-refractivity contribution is 9.10. The van der Waals surface area contributed by atoms with Crippen molar-refractivity contribution in [2.24, 2.45) is 0 Å². The number of carboxylic acids is 1. The summed E-state index contributed by atoms with van der Waals surface area (Å²) in [6, 6.07) is 3.09. The molecule has 1 rings (SSSR count). The molecule has 2 N–H and O–H groups in total. The van der Waals surface area contributed by atoms with Crippen LogP contribution < -0.4 is 5.32 Å². The third-order valence-corrected chi connectivity index (χ3v) is 3.47. The van der Waals surface area contributed by atoms with Crippen molar-refractivity contribution in [1.29, 1.82) is 0 Å². The fraction of sp³-hybridized carbons (Fsp3) is 0.467. The van der Waals surface area contributed by atoms with E-state index in [9.17, 15) is 14.0 Å². The Hall–Kier alpha value is -1.63. The number of carboxylic acid groups (broad SMARTS) is 1. The molecule has 1 aromatic carbocycles. The van der Waals surface area contributed by atoms with Gasteiger partial charge in [0, 0.05) is 4.47 Å². The average Bonchev–Trinajstić information content (AvgIpc) is 2.35. The SMILES string of the molecule is CC(C)(C)OC(=O)NC(CCc1cc(F)ccc1Br)C(=O)O. The lowest BCUT2D eigenvalue weighted by Crippen LogP contribution is -2.43. The van der Waals surface area contributed by atoms with E-state index in [0.29, 0.717) is 16.5 Å². The number of aliphatic carboxylic acids is 1. The van der Waals surface area contributed by atoms with E-state index in [1.807, 2.05) is 0 Å². The summed E-state index contributed by atoms with van der Waals surface area (Å²) in [6.07, 6.45) is -0.375. The molecule has 7 heteroatoms. The van der Waals surface area contributed by atoms with Crippen molar-refractivity contribution in [1.82, 2.24) is 5.32 Å². The number of nitrogens with one attached hydrogen (secondary N) is 1. The van der Waals surface area contributed by atoms with E-state index >= 15 is 0 Å². The summed E-state index contributed by atoms with van der Waals surface area (Å²) in [7, 11) is 0. The summed E-state index contributed by atoms with van der Waals surface area (Å²) < 4.78 is 18.9. The first-order chi connectivity index (χ1) is 10.1. The number of hydrogen-bond donors (Lipinski definition) is 2. The number of carbonyl (C=O) groups excluding carboxylic acids is 1. The number of alkyl carbamates (subject to hydrolysis) is 1. The van der Waals surface area contributed by atoms with Crippen molar-refractivity contribution >= 4 is 28.0 Å². The first kappa shape index (κ1) is 18.4. The topological polar surface area (TPSA) is 75.6 Å². The van der Waals surface area contributed by atoms with Gasteiger partial charge in [0.15, 0.2) is 0 Å². The van der Waals surface area contributed by atoms with Gasteiger partial charge in [-0.15, -0.1) is 0 Å². The number of hydrogen-bond acceptors (Lipinski definition) is 3.